The Kier molecular flexibility index (Phi) is 46.4. The van der Waals surface area contributed by atoms with Crippen molar-refractivity contribution in [1.82, 2.24) is 0 Å². The van der Waals surface area contributed by atoms with E-state index in [1.54, 1.807) is 0 Å². The SMILES string of the molecule is CC\C=C/C=C\C=C/C=C\C=C/CCCCCC(=O)OC(COC(=O)CC/C=C\C/C=C\C/C=C\C/C=C\C/C=C\C/C=C\CC)COC(=O)CCC\C=C/C=C\C=C/C=C\C=C/CC. The Bertz CT molecular complexity index is 1680. The van der Waals surface area contributed by atoms with Gasteiger partial charge in [-0.3, -0.25) is 14.4 Å². The van der Waals surface area contributed by atoms with E-state index in [1.807, 2.05) is 115 Å². The topological polar surface area (TPSA) is 78.9 Å². The highest BCUT2D eigenvalue weighted by atomic mass is 16.6. The van der Waals surface area contributed by atoms with Crippen LogP contribution in [0.1, 0.15) is 136 Å². The molecular weight excluding hydrogens is 805 g/mol. The number of rotatable bonds is 39. The molecule has 0 saturated heterocycles. The molecule has 0 aliphatic heterocycles. The van der Waals surface area contributed by atoms with E-state index in [9.17, 15) is 14.4 Å². The minimum atomic E-state index is -0.871. The van der Waals surface area contributed by atoms with Crippen molar-refractivity contribution in [3.8, 4) is 0 Å². The van der Waals surface area contributed by atoms with E-state index in [0.29, 0.717) is 19.3 Å². The van der Waals surface area contributed by atoms with Gasteiger partial charge in [-0.1, -0.05) is 222 Å². The van der Waals surface area contributed by atoms with Crippen molar-refractivity contribution < 1.29 is 28.6 Å². The molecule has 6 nitrogen and oxygen atoms in total. The van der Waals surface area contributed by atoms with Crippen LogP contribution in [-0.4, -0.2) is 37.2 Å². The van der Waals surface area contributed by atoms with Crippen molar-refractivity contribution in [2.45, 2.75) is 142 Å². The molecule has 0 saturated carbocycles. The summed E-state index contributed by atoms with van der Waals surface area (Å²) in [4.78, 5) is 37.8. The van der Waals surface area contributed by atoms with Gasteiger partial charge in [0.05, 0.1) is 0 Å². The van der Waals surface area contributed by atoms with Gasteiger partial charge in [0.2, 0.25) is 0 Å². The quantitative estimate of drug-likeness (QED) is 0.0201. The molecular formula is C59H82O6. The van der Waals surface area contributed by atoms with Crippen molar-refractivity contribution in [3.05, 3.63) is 194 Å². The van der Waals surface area contributed by atoms with E-state index in [0.717, 1.165) is 77.0 Å². The molecule has 0 aromatic carbocycles. The second-order valence-corrected chi connectivity index (χ2v) is 14.8. The van der Waals surface area contributed by atoms with Gasteiger partial charge in [-0.2, -0.15) is 0 Å². The third-order valence-electron chi connectivity index (χ3n) is 8.84. The normalized spacial score (nSPS) is 13.8. The van der Waals surface area contributed by atoms with Crippen LogP contribution in [0.2, 0.25) is 0 Å². The molecule has 0 amide bonds. The lowest BCUT2D eigenvalue weighted by atomic mass is 10.1. The number of carbonyl (C=O) groups is 3. The van der Waals surface area contributed by atoms with Crippen molar-refractivity contribution in [2.24, 2.45) is 0 Å². The molecule has 1 unspecified atom stereocenters. The number of esters is 3. The third-order valence-corrected chi connectivity index (χ3v) is 8.84. The van der Waals surface area contributed by atoms with Crippen LogP contribution in [0.15, 0.2) is 194 Å². The first-order valence-electron chi connectivity index (χ1n) is 24.1. The van der Waals surface area contributed by atoms with Gasteiger partial charge in [-0.15, -0.1) is 0 Å². The van der Waals surface area contributed by atoms with Gasteiger partial charge >= 0.3 is 17.9 Å². The van der Waals surface area contributed by atoms with Crippen LogP contribution in [0, 0.1) is 0 Å². The molecule has 0 fully saturated rings. The Morgan fingerprint density at radius 1 is 0.323 bits per heavy atom. The number of ether oxygens (including phenoxy) is 3. The summed E-state index contributed by atoms with van der Waals surface area (Å²) < 4.78 is 16.6. The van der Waals surface area contributed by atoms with Crippen molar-refractivity contribution in [3.63, 3.8) is 0 Å². The van der Waals surface area contributed by atoms with Gasteiger partial charge in [0, 0.05) is 19.3 Å². The summed E-state index contributed by atoms with van der Waals surface area (Å²) in [6.07, 6.45) is 78.6. The highest BCUT2D eigenvalue weighted by Gasteiger charge is 2.19. The van der Waals surface area contributed by atoms with Gasteiger partial charge in [-0.25, -0.2) is 0 Å². The fourth-order valence-electron chi connectivity index (χ4n) is 5.34. The zero-order chi connectivity index (χ0) is 47.2. The summed E-state index contributed by atoms with van der Waals surface area (Å²) in [6.45, 7) is 6.01. The van der Waals surface area contributed by atoms with Crippen LogP contribution >= 0.6 is 0 Å². The first-order valence-corrected chi connectivity index (χ1v) is 24.1. The monoisotopic (exact) mass is 887 g/mol. The van der Waals surface area contributed by atoms with Crippen molar-refractivity contribution in [1.29, 1.82) is 0 Å². The molecule has 0 aliphatic carbocycles. The summed E-state index contributed by atoms with van der Waals surface area (Å²) in [5.41, 5.74) is 0. The molecule has 0 bridgehead atoms. The largest absolute Gasteiger partial charge is 0.462 e. The van der Waals surface area contributed by atoms with E-state index in [1.165, 1.54) is 0 Å². The van der Waals surface area contributed by atoms with Gasteiger partial charge in [0.25, 0.3) is 0 Å². The zero-order valence-electron chi connectivity index (χ0n) is 40.1. The maximum absolute atomic E-state index is 12.8. The van der Waals surface area contributed by atoms with Crippen LogP contribution < -0.4 is 0 Å². The Morgan fingerprint density at radius 2 is 0.677 bits per heavy atom. The summed E-state index contributed by atoms with van der Waals surface area (Å²) in [6, 6.07) is 0. The lowest BCUT2D eigenvalue weighted by molar-refractivity contribution is -0.166. The minimum Gasteiger partial charge on any atom is -0.462 e. The third kappa shape index (κ3) is 49.1. The highest BCUT2D eigenvalue weighted by molar-refractivity contribution is 5.71. The van der Waals surface area contributed by atoms with Gasteiger partial charge in [0.1, 0.15) is 13.2 Å². The summed E-state index contributed by atoms with van der Waals surface area (Å²) in [5.74, 6) is -1.19. The molecule has 0 heterocycles. The molecule has 1 atom stereocenters. The number of unbranched alkanes of at least 4 members (excludes halogenated alkanes) is 4. The highest BCUT2D eigenvalue weighted by Crippen LogP contribution is 2.09. The van der Waals surface area contributed by atoms with Gasteiger partial charge in [0.15, 0.2) is 6.10 Å². The summed E-state index contributed by atoms with van der Waals surface area (Å²) in [7, 11) is 0. The second kappa shape index (κ2) is 50.9. The molecule has 6 heteroatoms. The van der Waals surface area contributed by atoms with E-state index >= 15 is 0 Å². The standard InChI is InChI=1S/C59H82O6/c1-4-7-10-13-16-19-22-25-27-28-29-30-32-34-37-40-43-46-49-52-58(61)64-55-56(54-63-57(60)51-48-45-42-39-36-33-24-21-18-15-12-9-6-3)65-59(62)53-50-47-44-41-38-35-31-26-23-20-17-14-11-8-5-2/h7-12,14-21,23-27,29-31,33-39,42-43,46,56H,4-6,13,22,28,32,40-41,44-45,47-55H2,1-3H3/b10-7-,11-8-,12-9-,17-14-,18-15-,19-16-,23-20-,24-21-,27-25-,30-29-,31-26-,36-33-,37-34-,38-35-,42-39-,46-43-. The molecule has 0 rings (SSSR count). The van der Waals surface area contributed by atoms with E-state index in [4.69, 9.17) is 14.2 Å². The maximum Gasteiger partial charge on any atom is 0.306 e. The molecule has 0 N–H and O–H groups in total. The summed E-state index contributed by atoms with van der Waals surface area (Å²) >= 11 is 0. The van der Waals surface area contributed by atoms with E-state index in [-0.39, 0.29) is 38.4 Å². The van der Waals surface area contributed by atoms with Gasteiger partial charge in [-0.05, 0) is 89.9 Å². The van der Waals surface area contributed by atoms with Crippen LogP contribution in [-0.2, 0) is 28.6 Å². The first-order chi connectivity index (χ1) is 32.0. The van der Waals surface area contributed by atoms with Crippen molar-refractivity contribution in [2.75, 3.05) is 13.2 Å². The summed E-state index contributed by atoms with van der Waals surface area (Å²) in [5, 5.41) is 0. The van der Waals surface area contributed by atoms with Crippen LogP contribution in [0.25, 0.3) is 0 Å². The van der Waals surface area contributed by atoms with E-state index < -0.39 is 18.0 Å². The predicted octanol–water partition coefficient (Wildman–Crippen LogP) is 16.0. The van der Waals surface area contributed by atoms with E-state index in [2.05, 4.69) is 99.8 Å². The Labute approximate surface area is 395 Å². The molecule has 354 valence electrons. The van der Waals surface area contributed by atoms with Gasteiger partial charge < -0.3 is 14.2 Å². The lowest BCUT2D eigenvalue weighted by Crippen LogP contribution is -2.30. The number of carbonyl (C=O) groups excluding carboxylic acids is 3. The Balaban J connectivity index is 4.73. The lowest BCUT2D eigenvalue weighted by Gasteiger charge is -2.18. The van der Waals surface area contributed by atoms with Crippen molar-refractivity contribution >= 4 is 17.9 Å². The molecule has 0 aromatic rings. The molecule has 0 radical (unpaired) electrons. The van der Waals surface area contributed by atoms with Crippen LogP contribution in [0.4, 0.5) is 0 Å². The molecule has 0 spiro atoms. The second-order valence-electron chi connectivity index (χ2n) is 14.8. The average molecular weight is 887 g/mol. The number of hydrogen-bond acceptors (Lipinski definition) is 6. The molecule has 65 heavy (non-hydrogen) atoms. The predicted molar refractivity (Wildman–Crippen MR) is 278 cm³/mol. The molecule has 0 aliphatic rings. The fraction of sp³-hybridized carbons (Fsp3) is 0.407. The maximum atomic E-state index is 12.8. The Hall–Kier alpha value is -5.75. The van der Waals surface area contributed by atoms with Crippen LogP contribution in [0.5, 0.6) is 0 Å². The average Bonchev–Trinajstić information content (AvgIpc) is 3.30. The first kappa shape index (κ1) is 59.2. The van der Waals surface area contributed by atoms with Crippen LogP contribution in [0.3, 0.4) is 0 Å². The number of allylic oxidation sites excluding steroid dienone is 32. The minimum absolute atomic E-state index is 0.168. The molecule has 0 aromatic heterocycles. The fourth-order valence-corrected chi connectivity index (χ4v) is 5.34. The Morgan fingerprint density at radius 3 is 1.12 bits per heavy atom. The number of hydrogen-bond donors (Lipinski definition) is 0. The zero-order valence-corrected chi connectivity index (χ0v) is 40.1. The smallest absolute Gasteiger partial charge is 0.306 e.